The van der Waals surface area contributed by atoms with Gasteiger partial charge < -0.3 is 5.32 Å². The standard InChI is InChI=1S/C19H22N2O/c1-15-14-17-11-5-6-12-18(17)21(15)19(22)20-13-7-10-16-8-3-2-4-9-16/h2-6,8-9,11-12,15H,7,10,13-14H2,1H3,(H,20,22). The molecule has 3 nitrogen and oxygen atoms in total. The van der Waals surface area contributed by atoms with Gasteiger partial charge in [-0.1, -0.05) is 48.5 Å². The number of carbonyl (C=O) groups excluding carboxylic acids is 1. The van der Waals surface area contributed by atoms with E-state index < -0.39 is 0 Å². The van der Waals surface area contributed by atoms with Crippen molar-refractivity contribution < 1.29 is 4.79 Å². The lowest BCUT2D eigenvalue weighted by atomic mass is 10.1. The molecule has 1 heterocycles. The van der Waals surface area contributed by atoms with Gasteiger partial charge in [0.15, 0.2) is 0 Å². The van der Waals surface area contributed by atoms with Gasteiger partial charge in [-0.3, -0.25) is 4.90 Å². The first kappa shape index (κ1) is 14.6. The van der Waals surface area contributed by atoms with Crippen LogP contribution in [0.1, 0.15) is 24.5 Å². The summed E-state index contributed by atoms with van der Waals surface area (Å²) in [7, 11) is 0. The molecule has 2 amide bonds. The Bertz CT molecular complexity index is 639. The average Bonchev–Trinajstić information content (AvgIpc) is 2.88. The number of hydrogen-bond acceptors (Lipinski definition) is 1. The fourth-order valence-corrected chi connectivity index (χ4v) is 3.09. The Morgan fingerprint density at radius 1 is 1.14 bits per heavy atom. The highest BCUT2D eigenvalue weighted by Crippen LogP contribution is 2.31. The summed E-state index contributed by atoms with van der Waals surface area (Å²) in [5, 5.41) is 3.05. The molecule has 0 bridgehead atoms. The lowest BCUT2D eigenvalue weighted by Crippen LogP contribution is -2.43. The summed E-state index contributed by atoms with van der Waals surface area (Å²) in [6.45, 7) is 2.81. The smallest absolute Gasteiger partial charge is 0.322 e. The van der Waals surface area contributed by atoms with Crippen molar-refractivity contribution in [2.45, 2.75) is 32.2 Å². The van der Waals surface area contributed by atoms with Crippen LogP contribution >= 0.6 is 0 Å². The Kier molecular flexibility index (Phi) is 4.42. The van der Waals surface area contributed by atoms with Gasteiger partial charge in [0.2, 0.25) is 0 Å². The molecule has 1 aliphatic rings. The number of anilines is 1. The highest BCUT2D eigenvalue weighted by Gasteiger charge is 2.30. The largest absolute Gasteiger partial charge is 0.338 e. The fraction of sp³-hybridized carbons (Fsp3) is 0.316. The van der Waals surface area contributed by atoms with Crippen LogP contribution in [-0.4, -0.2) is 18.6 Å². The summed E-state index contributed by atoms with van der Waals surface area (Å²) < 4.78 is 0. The van der Waals surface area contributed by atoms with Crippen molar-refractivity contribution in [2.24, 2.45) is 0 Å². The highest BCUT2D eigenvalue weighted by atomic mass is 16.2. The summed E-state index contributed by atoms with van der Waals surface area (Å²) in [5.74, 6) is 0. The zero-order valence-electron chi connectivity index (χ0n) is 13.0. The summed E-state index contributed by atoms with van der Waals surface area (Å²) >= 11 is 0. The Morgan fingerprint density at radius 2 is 1.86 bits per heavy atom. The second-order valence-corrected chi connectivity index (χ2v) is 5.87. The van der Waals surface area contributed by atoms with Crippen LogP contribution < -0.4 is 10.2 Å². The maximum Gasteiger partial charge on any atom is 0.322 e. The van der Waals surface area contributed by atoms with E-state index in [0.29, 0.717) is 6.54 Å². The van der Waals surface area contributed by atoms with Gasteiger partial charge in [0, 0.05) is 18.3 Å². The van der Waals surface area contributed by atoms with E-state index in [1.165, 1.54) is 11.1 Å². The number of fused-ring (bicyclic) bond motifs is 1. The third-order valence-corrected chi connectivity index (χ3v) is 4.19. The molecule has 0 aliphatic carbocycles. The minimum absolute atomic E-state index is 0.0190. The Hall–Kier alpha value is -2.29. The van der Waals surface area contributed by atoms with Crippen molar-refractivity contribution in [1.82, 2.24) is 5.32 Å². The second-order valence-electron chi connectivity index (χ2n) is 5.87. The van der Waals surface area contributed by atoms with Gasteiger partial charge in [0.25, 0.3) is 0 Å². The molecule has 2 aromatic carbocycles. The number of benzene rings is 2. The van der Waals surface area contributed by atoms with Crippen molar-refractivity contribution in [2.75, 3.05) is 11.4 Å². The normalized spacial score (nSPS) is 16.4. The minimum atomic E-state index is 0.0190. The summed E-state index contributed by atoms with van der Waals surface area (Å²) in [6.07, 6.45) is 2.89. The predicted octanol–water partition coefficient (Wildman–Crippen LogP) is 3.78. The predicted molar refractivity (Wildman–Crippen MR) is 90.2 cm³/mol. The van der Waals surface area contributed by atoms with Crippen LogP contribution in [0.2, 0.25) is 0 Å². The topological polar surface area (TPSA) is 32.3 Å². The number of urea groups is 1. The summed E-state index contributed by atoms with van der Waals surface area (Å²) in [5.41, 5.74) is 3.63. The molecule has 3 heteroatoms. The van der Waals surface area contributed by atoms with Gasteiger partial charge in [-0.05, 0) is 43.4 Å². The molecule has 114 valence electrons. The van der Waals surface area contributed by atoms with E-state index in [2.05, 4.69) is 42.6 Å². The zero-order valence-corrected chi connectivity index (χ0v) is 13.0. The van der Waals surface area contributed by atoms with E-state index in [9.17, 15) is 4.79 Å². The first-order valence-corrected chi connectivity index (χ1v) is 7.94. The number of aryl methyl sites for hydroxylation is 1. The van der Waals surface area contributed by atoms with Gasteiger partial charge in [0.05, 0.1) is 0 Å². The molecule has 0 saturated carbocycles. The lowest BCUT2D eigenvalue weighted by Gasteiger charge is -2.23. The Balaban J connectivity index is 1.52. The van der Waals surface area contributed by atoms with Crippen molar-refractivity contribution in [3.8, 4) is 0 Å². The van der Waals surface area contributed by atoms with E-state index >= 15 is 0 Å². The number of hydrogen-bond donors (Lipinski definition) is 1. The monoisotopic (exact) mass is 294 g/mol. The zero-order chi connectivity index (χ0) is 15.4. The number of amides is 2. The molecule has 22 heavy (non-hydrogen) atoms. The van der Waals surface area contributed by atoms with E-state index in [4.69, 9.17) is 0 Å². The first-order chi connectivity index (χ1) is 10.8. The lowest BCUT2D eigenvalue weighted by molar-refractivity contribution is 0.245. The number of nitrogens with zero attached hydrogens (tertiary/aromatic N) is 1. The van der Waals surface area contributed by atoms with Crippen LogP contribution in [0.5, 0.6) is 0 Å². The third-order valence-electron chi connectivity index (χ3n) is 4.19. The number of rotatable bonds is 4. The maximum absolute atomic E-state index is 12.4. The van der Waals surface area contributed by atoms with Crippen molar-refractivity contribution in [1.29, 1.82) is 0 Å². The van der Waals surface area contributed by atoms with E-state index in [0.717, 1.165) is 24.9 Å². The number of nitrogens with one attached hydrogen (secondary N) is 1. The SMILES string of the molecule is CC1Cc2ccccc2N1C(=O)NCCCc1ccccc1. The van der Waals surface area contributed by atoms with Crippen molar-refractivity contribution in [3.05, 3.63) is 65.7 Å². The molecule has 1 atom stereocenters. The molecule has 0 aromatic heterocycles. The summed E-state index contributed by atoms with van der Waals surface area (Å²) in [6, 6.07) is 18.8. The van der Waals surface area contributed by atoms with Crippen LogP contribution in [0.15, 0.2) is 54.6 Å². The van der Waals surface area contributed by atoms with Gasteiger partial charge in [-0.2, -0.15) is 0 Å². The summed E-state index contributed by atoms with van der Waals surface area (Å²) in [4.78, 5) is 14.3. The van der Waals surface area contributed by atoms with Crippen LogP contribution in [0, 0.1) is 0 Å². The van der Waals surface area contributed by atoms with Crippen molar-refractivity contribution >= 4 is 11.7 Å². The molecule has 2 aromatic rings. The molecular formula is C19H22N2O. The van der Waals surface area contributed by atoms with Crippen LogP contribution in [0.3, 0.4) is 0 Å². The molecule has 0 radical (unpaired) electrons. The Morgan fingerprint density at radius 3 is 2.68 bits per heavy atom. The van der Waals surface area contributed by atoms with Gasteiger partial charge in [-0.25, -0.2) is 4.79 Å². The fourth-order valence-electron chi connectivity index (χ4n) is 3.09. The van der Waals surface area contributed by atoms with Crippen LogP contribution in [-0.2, 0) is 12.8 Å². The maximum atomic E-state index is 12.4. The first-order valence-electron chi connectivity index (χ1n) is 7.94. The Labute approximate surface area is 132 Å². The molecule has 3 rings (SSSR count). The van der Waals surface area contributed by atoms with Gasteiger partial charge in [0.1, 0.15) is 0 Å². The average molecular weight is 294 g/mol. The van der Waals surface area contributed by atoms with E-state index in [1.54, 1.807) is 0 Å². The quantitative estimate of drug-likeness (QED) is 0.855. The number of para-hydroxylation sites is 1. The molecule has 1 N–H and O–H groups in total. The van der Waals surface area contributed by atoms with Crippen LogP contribution in [0.4, 0.5) is 10.5 Å². The molecule has 1 aliphatic heterocycles. The molecule has 1 unspecified atom stereocenters. The van der Waals surface area contributed by atoms with E-state index in [-0.39, 0.29) is 12.1 Å². The van der Waals surface area contributed by atoms with Crippen molar-refractivity contribution in [3.63, 3.8) is 0 Å². The van der Waals surface area contributed by atoms with Gasteiger partial charge in [-0.15, -0.1) is 0 Å². The van der Waals surface area contributed by atoms with E-state index in [1.807, 2.05) is 29.2 Å². The third kappa shape index (κ3) is 3.14. The second kappa shape index (κ2) is 6.65. The molecule has 0 saturated heterocycles. The van der Waals surface area contributed by atoms with Gasteiger partial charge >= 0.3 is 6.03 Å². The number of carbonyl (C=O) groups is 1. The molecule has 0 spiro atoms. The molecular weight excluding hydrogens is 272 g/mol. The molecule has 0 fully saturated rings. The minimum Gasteiger partial charge on any atom is -0.338 e. The highest BCUT2D eigenvalue weighted by molar-refractivity contribution is 5.94. The van der Waals surface area contributed by atoms with Crippen LogP contribution in [0.25, 0.3) is 0 Å².